The van der Waals surface area contributed by atoms with Gasteiger partial charge < -0.3 is 10.5 Å². The molecule has 2 N–H and O–H groups in total. The minimum absolute atomic E-state index is 0.116. The van der Waals surface area contributed by atoms with Crippen LogP contribution in [-0.4, -0.2) is 41.6 Å². The van der Waals surface area contributed by atoms with Crippen LogP contribution in [0.3, 0.4) is 0 Å². The Hall–Kier alpha value is -1.91. The fraction of sp³-hybridized carbons (Fsp3) is 0.522. The van der Waals surface area contributed by atoms with Gasteiger partial charge >= 0.3 is 5.97 Å². The summed E-state index contributed by atoms with van der Waals surface area (Å²) >= 11 is 0. The van der Waals surface area contributed by atoms with Crippen molar-refractivity contribution in [2.45, 2.75) is 51.2 Å². The highest BCUT2D eigenvalue weighted by atomic mass is 16.6. The molecule has 1 heterocycles. The van der Waals surface area contributed by atoms with Crippen LogP contribution in [0.15, 0.2) is 54.6 Å². The summed E-state index contributed by atoms with van der Waals surface area (Å²) in [7, 11) is 0. The van der Waals surface area contributed by atoms with Crippen molar-refractivity contribution in [1.82, 2.24) is 4.90 Å². The molecule has 0 saturated carbocycles. The highest BCUT2D eigenvalue weighted by Crippen LogP contribution is 2.40. The number of carbonyl (C=O) groups excluding carboxylic acids is 1. The molecule has 1 aromatic carbocycles. The van der Waals surface area contributed by atoms with Gasteiger partial charge in [-0.05, 0) is 45.6 Å². The lowest BCUT2D eigenvalue weighted by atomic mass is 9.82. The Labute approximate surface area is 163 Å². The van der Waals surface area contributed by atoms with E-state index in [1.165, 1.54) is 5.56 Å². The normalized spacial score (nSPS) is 28.4. The van der Waals surface area contributed by atoms with E-state index in [0.717, 1.165) is 25.8 Å². The molecule has 0 spiro atoms. The summed E-state index contributed by atoms with van der Waals surface area (Å²) in [5, 5.41) is 0. The smallest absolute Gasteiger partial charge is 0.315 e. The number of likely N-dealkylation sites (tertiary alicyclic amines) is 1. The van der Waals surface area contributed by atoms with Crippen molar-refractivity contribution in [3.05, 3.63) is 60.2 Å². The number of nitrogens with two attached hydrogens (primary N) is 1. The fourth-order valence-corrected chi connectivity index (χ4v) is 4.14. The van der Waals surface area contributed by atoms with E-state index < -0.39 is 11.0 Å². The minimum Gasteiger partial charge on any atom is -0.459 e. The van der Waals surface area contributed by atoms with Gasteiger partial charge in [-0.1, -0.05) is 54.6 Å². The molecule has 2 atom stereocenters. The molecule has 3 rings (SSSR count). The van der Waals surface area contributed by atoms with E-state index in [0.29, 0.717) is 13.1 Å². The quantitative estimate of drug-likeness (QED) is 0.809. The summed E-state index contributed by atoms with van der Waals surface area (Å²) in [5.41, 5.74) is 6.19. The third-order valence-electron chi connectivity index (χ3n) is 5.68. The van der Waals surface area contributed by atoms with Crippen molar-refractivity contribution in [2.24, 2.45) is 11.1 Å². The first kappa shape index (κ1) is 19.8. The maximum Gasteiger partial charge on any atom is 0.315 e. The molecule has 4 nitrogen and oxygen atoms in total. The van der Waals surface area contributed by atoms with E-state index in [4.69, 9.17) is 10.5 Å². The van der Waals surface area contributed by atoms with Crippen molar-refractivity contribution in [1.29, 1.82) is 0 Å². The predicted molar refractivity (Wildman–Crippen MR) is 109 cm³/mol. The average molecular weight is 369 g/mol. The first-order valence-electron chi connectivity index (χ1n) is 9.86. The third-order valence-corrected chi connectivity index (χ3v) is 5.68. The van der Waals surface area contributed by atoms with Crippen LogP contribution in [0.2, 0.25) is 0 Å². The molecule has 2 unspecified atom stereocenters. The van der Waals surface area contributed by atoms with Crippen LogP contribution in [0.25, 0.3) is 0 Å². The van der Waals surface area contributed by atoms with E-state index in [2.05, 4.69) is 53.5 Å². The van der Waals surface area contributed by atoms with Gasteiger partial charge in [-0.3, -0.25) is 9.69 Å². The Balaban J connectivity index is 1.84. The van der Waals surface area contributed by atoms with Crippen LogP contribution in [0, 0.1) is 5.41 Å². The Morgan fingerprint density at radius 2 is 1.96 bits per heavy atom. The Morgan fingerprint density at radius 3 is 2.56 bits per heavy atom. The van der Waals surface area contributed by atoms with E-state index >= 15 is 0 Å². The molecule has 0 amide bonds. The molecule has 0 radical (unpaired) electrons. The van der Waals surface area contributed by atoms with E-state index in [-0.39, 0.29) is 11.5 Å². The maximum atomic E-state index is 12.9. The topological polar surface area (TPSA) is 55.6 Å². The lowest BCUT2D eigenvalue weighted by Gasteiger charge is -2.41. The SMILES string of the molecule is CC(C)(C)OC(=O)C1(CN)CCN(C2(Cc3ccccc3)C=CC=CC2)C1. The van der Waals surface area contributed by atoms with Crippen LogP contribution in [0.1, 0.15) is 39.2 Å². The van der Waals surface area contributed by atoms with Gasteiger partial charge in [-0.25, -0.2) is 0 Å². The highest BCUT2D eigenvalue weighted by Gasteiger charge is 2.50. The maximum absolute atomic E-state index is 12.9. The molecule has 1 aromatic rings. The van der Waals surface area contributed by atoms with Crippen molar-refractivity contribution in [2.75, 3.05) is 19.6 Å². The van der Waals surface area contributed by atoms with Gasteiger partial charge in [0.2, 0.25) is 0 Å². The number of allylic oxidation sites excluding steroid dienone is 2. The Bertz CT molecular complexity index is 720. The summed E-state index contributed by atoms with van der Waals surface area (Å²) in [6, 6.07) is 10.6. The molecule has 1 aliphatic heterocycles. The molecule has 4 heteroatoms. The molecule has 146 valence electrons. The summed E-state index contributed by atoms with van der Waals surface area (Å²) < 4.78 is 5.73. The molecular formula is C23H32N2O2. The zero-order chi connectivity index (χ0) is 19.5. The summed E-state index contributed by atoms with van der Waals surface area (Å²) in [4.78, 5) is 15.4. The molecule has 27 heavy (non-hydrogen) atoms. The molecule has 1 saturated heterocycles. The fourth-order valence-electron chi connectivity index (χ4n) is 4.14. The molecular weight excluding hydrogens is 336 g/mol. The van der Waals surface area contributed by atoms with Gasteiger partial charge in [0, 0.05) is 25.2 Å². The van der Waals surface area contributed by atoms with E-state index in [9.17, 15) is 4.79 Å². The van der Waals surface area contributed by atoms with Crippen LogP contribution in [-0.2, 0) is 16.0 Å². The average Bonchev–Trinajstić information content (AvgIpc) is 3.09. The predicted octanol–water partition coefficient (Wildman–Crippen LogP) is 3.48. The van der Waals surface area contributed by atoms with Crippen molar-refractivity contribution < 1.29 is 9.53 Å². The van der Waals surface area contributed by atoms with E-state index in [1.54, 1.807) is 0 Å². The van der Waals surface area contributed by atoms with Gasteiger partial charge in [0.05, 0.1) is 5.41 Å². The van der Waals surface area contributed by atoms with Gasteiger partial charge in [-0.15, -0.1) is 0 Å². The first-order chi connectivity index (χ1) is 12.8. The van der Waals surface area contributed by atoms with Crippen LogP contribution < -0.4 is 5.73 Å². The standard InChI is InChI=1S/C23H32N2O2/c1-21(2,3)27-20(26)22(17-24)14-15-25(18-22)23(12-8-5-9-13-23)16-19-10-6-4-7-11-19/h4-12H,13-18,24H2,1-3H3. The number of nitrogens with zero attached hydrogens (tertiary/aromatic N) is 1. The Kier molecular flexibility index (Phi) is 5.59. The second-order valence-electron chi connectivity index (χ2n) is 8.92. The number of carbonyl (C=O) groups is 1. The van der Waals surface area contributed by atoms with Crippen LogP contribution in [0.5, 0.6) is 0 Å². The zero-order valence-electron chi connectivity index (χ0n) is 16.8. The molecule has 1 fully saturated rings. The van der Waals surface area contributed by atoms with Crippen molar-refractivity contribution in [3.8, 4) is 0 Å². The number of esters is 1. The third kappa shape index (κ3) is 4.33. The Morgan fingerprint density at radius 1 is 1.22 bits per heavy atom. The lowest BCUT2D eigenvalue weighted by Crippen LogP contribution is -2.51. The van der Waals surface area contributed by atoms with Crippen LogP contribution in [0.4, 0.5) is 0 Å². The molecule has 1 aliphatic carbocycles. The number of benzene rings is 1. The number of hydrogen-bond acceptors (Lipinski definition) is 4. The summed E-state index contributed by atoms with van der Waals surface area (Å²) in [6.07, 6.45) is 11.3. The zero-order valence-corrected chi connectivity index (χ0v) is 16.8. The van der Waals surface area contributed by atoms with E-state index in [1.807, 2.05) is 26.8 Å². The second-order valence-corrected chi connectivity index (χ2v) is 8.92. The van der Waals surface area contributed by atoms with Crippen molar-refractivity contribution >= 4 is 5.97 Å². The highest BCUT2D eigenvalue weighted by molar-refractivity contribution is 5.78. The van der Waals surface area contributed by atoms with Crippen LogP contribution >= 0.6 is 0 Å². The van der Waals surface area contributed by atoms with Gasteiger partial charge in [0.1, 0.15) is 5.60 Å². The second kappa shape index (κ2) is 7.61. The molecule has 0 aromatic heterocycles. The monoisotopic (exact) mass is 368 g/mol. The van der Waals surface area contributed by atoms with Gasteiger partial charge in [0.15, 0.2) is 0 Å². The number of ether oxygens (including phenoxy) is 1. The lowest BCUT2D eigenvalue weighted by molar-refractivity contribution is -0.166. The number of hydrogen-bond donors (Lipinski definition) is 1. The summed E-state index contributed by atoms with van der Waals surface area (Å²) in [5.74, 6) is -0.162. The minimum atomic E-state index is -0.619. The van der Waals surface area contributed by atoms with Gasteiger partial charge in [-0.2, -0.15) is 0 Å². The van der Waals surface area contributed by atoms with Gasteiger partial charge in [0.25, 0.3) is 0 Å². The summed E-state index contributed by atoms with van der Waals surface area (Å²) in [6.45, 7) is 7.54. The largest absolute Gasteiger partial charge is 0.459 e. The number of rotatable bonds is 5. The molecule has 2 aliphatic rings. The van der Waals surface area contributed by atoms with Crippen molar-refractivity contribution in [3.63, 3.8) is 0 Å². The molecule has 0 bridgehead atoms. The first-order valence-corrected chi connectivity index (χ1v) is 9.86.